The van der Waals surface area contributed by atoms with E-state index < -0.39 is 12.0 Å². The third-order valence-corrected chi connectivity index (χ3v) is 3.24. The molecule has 0 spiro atoms. The van der Waals surface area contributed by atoms with Gasteiger partial charge in [0.15, 0.2) is 0 Å². The number of hydrogen-bond acceptors (Lipinski definition) is 2. The minimum absolute atomic E-state index is 0.149. The Labute approximate surface area is 113 Å². The van der Waals surface area contributed by atoms with E-state index in [1.165, 1.54) is 0 Å². The quantitative estimate of drug-likeness (QED) is 0.866. The summed E-state index contributed by atoms with van der Waals surface area (Å²) >= 11 is 0. The molecule has 4 nitrogen and oxygen atoms in total. The molecular weight excluding hydrogens is 240 g/mol. The van der Waals surface area contributed by atoms with Crippen LogP contribution in [0.2, 0.25) is 0 Å². The van der Waals surface area contributed by atoms with E-state index in [1.54, 1.807) is 0 Å². The second-order valence-corrected chi connectivity index (χ2v) is 5.20. The van der Waals surface area contributed by atoms with Crippen LogP contribution in [0.1, 0.15) is 19.4 Å². The molecule has 0 bridgehead atoms. The fourth-order valence-corrected chi connectivity index (χ4v) is 2.43. The number of carboxylic acids is 1. The summed E-state index contributed by atoms with van der Waals surface area (Å²) in [7, 11) is 1.98. The summed E-state index contributed by atoms with van der Waals surface area (Å²) in [6.45, 7) is 3.91. The first-order chi connectivity index (χ1) is 8.99. The van der Waals surface area contributed by atoms with E-state index in [4.69, 9.17) is 0 Å². The second-order valence-electron chi connectivity index (χ2n) is 5.20. The number of rotatable bonds is 5. The summed E-state index contributed by atoms with van der Waals surface area (Å²) in [6.07, 6.45) is 2.51. The monoisotopic (exact) mass is 260 g/mol. The fourth-order valence-electron chi connectivity index (χ4n) is 2.43. The van der Waals surface area contributed by atoms with Gasteiger partial charge in [-0.15, -0.1) is 0 Å². The van der Waals surface area contributed by atoms with Gasteiger partial charge >= 0.3 is 5.97 Å². The molecule has 0 aliphatic rings. The molecule has 0 unspecified atom stereocenters. The lowest BCUT2D eigenvalue weighted by Gasteiger charge is -2.16. The maximum atomic E-state index is 11.3. The number of para-hydroxylation sites is 1. The van der Waals surface area contributed by atoms with Gasteiger partial charge in [0.2, 0.25) is 0 Å². The first kappa shape index (κ1) is 13.6. The zero-order valence-electron chi connectivity index (χ0n) is 11.6. The fraction of sp³-hybridized carbons (Fsp3) is 0.400. The first-order valence-corrected chi connectivity index (χ1v) is 6.51. The van der Waals surface area contributed by atoms with Gasteiger partial charge in [0.05, 0.1) is 0 Å². The molecule has 1 aromatic heterocycles. The van der Waals surface area contributed by atoms with Gasteiger partial charge < -0.3 is 15.0 Å². The summed E-state index contributed by atoms with van der Waals surface area (Å²) in [6, 6.07) is 7.66. The van der Waals surface area contributed by atoms with Crippen molar-refractivity contribution in [3.63, 3.8) is 0 Å². The number of hydrogen-bond donors (Lipinski definition) is 2. The van der Waals surface area contributed by atoms with Crippen molar-refractivity contribution in [2.75, 3.05) is 0 Å². The Morgan fingerprint density at radius 3 is 2.68 bits per heavy atom. The van der Waals surface area contributed by atoms with Crippen molar-refractivity contribution in [3.8, 4) is 0 Å². The zero-order chi connectivity index (χ0) is 14.0. The van der Waals surface area contributed by atoms with Crippen LogP contribution in [0.3, 0.4) is 0 Å². The van der Waals surface area contributed by atoms with E-state index in [0.29, 0.717) is 6.42 Å². The van der Waals surface area contributed by atoms with Crippen LogP contribution >= 0.6 is 0 Å². The van der Waals surface area contributed by atoms with Gasteiger partial charge in [-0.2, -0.15) is 0 Å². The van der Waals surface area contributed by atoms with Crippen molar-refractivity contribution in [1.29, 1.82) is 0 Å². The van der Waals surface area contributed by atoms with Crippen molar-refractivity contribution in [2.24, 2.45) is 7.05 Å². The van der Waals surface area contributed by atoms with Gasteiger partial charge in [-0.3, -0.25) is 4.79 Å². The number of nitrogens with one attached hydrogen (secondary N) is 1. The van der Waals surface area contributed by atoms with Crippen molar-refractivity contribution in [3.05, 3.63) is 36.0 Å². The summed E-state index contributed by atoms with van der Waals surface area (Å²) in [4.78, 5) is 11.3. The molecule has 0 aliphatic carbocycles. The lowest BCUT2D eigenvalue weighted by molar-refractivity contribution is -0.139. The molecule has 1 aromatic carbocycles. The minimum Gasteiger partial charge on any atom is -0.480 e. The van der Waals surface area contributed by atoms with E-state index in [9.17, 15) is 9.90 Å². The highest BCUT2D eigenvalue weighted by molar-refractivity contribution is 5.85. The van der Waals surface area contributed by atoms with E-state index >= 15 is 0 Å². The molecule has 0 radical (unpaired) electrons. The van der Waals surface area contributed by atoms with Crippen LogP contribution in [0.4, 0.5) is 0 Å². The second kappa shape index (κ2) is 5.45. The van der Waals surface area contributed by atoms with Gasteiger partial charge in [-0.05, 0) is 11.6 Å². The van der Waals surface area contributed by atoms with Gasteiger partial charge in [-0.25, -0.2) is 0 Å². The Balaban J connectivity index is 2.31. The average Bonchev–Trinajstić information content (AvgIpc) is 2.66. The van der Waals surface area contributed by atoms with Crippen molar-refractivity contribution >= 4 is 16.9 Å². The van der Waals surface area contributed by atoms with Crippen LogP contribution in [0.25, 0.3) is 10.9 Å². The normalized spacial score (nSPS) is 13.1. The maximum absolute atomic E-state index is 11.3. The lowest BCUT2D eigenvalue weighted by atomic mass is 10.0. The number of aryl methyl sites for hydroxylation is 1. The lowest BCUT2D eigenvalue weighted by Crippen LogP contribution is -2.42. The topological polar surface area (TPSA) is 54.3 Å². The predicted octanol–water partition coefficient (Wildman–Crippen LogP) is 2.17. The molecule has 0 aliphatic heterocycles. The molecule has 0 fully saturated rings. The summed E-state index contributed by atoms with van der Waals surface area (Å²) in [5.41, 5.74) is 2.20. The molecule has 102 valence electrons. The Bertz CT molecular complexity index is 587. The largest absolute Gasteiger partial charge is 0.480 e. The Morgan fingerprint density at radius 2 is 2.05 bits per heavy atom. The van der Waals surface area contributed by atoms with Crippen LogP contribution < -0.4 is 5.32 Å². The van der Waals surface area contributed by atoms with Gasteiger partial charge in [-0.1, -0.05) is 32.0 Å². The highest BCUT2D eigenvalue weighted by atomic mass is 16.4. The molecule has 0 saturated heterocycles. The molecule has 2 rings (SSSR count). The smallest absolute Gasteiger partial charge is 0.321 e. The highest BCUT2D eigenvalue weighted by Gasteiger charge is 2.20. The summed E-state index contributed by atoms with van der Waals surface area (Å²) < 4.78 is 2.04. The molecule has 19 heavy (non-hydrogen) atoms. The number of carboxylic acid groups (broad SMARTS) is 1. The van der Waals surface area contributed by atoms with Crippen LogP contribution in [-0.4, -0.2) is 27.7 Å². The number of benzene rings is 1. The highest BCUT2D eigenvalue weighted by Crippen LogP contribution is 2.21. The SMILES string of the molecule is CC(C)N[C@H](Cc1cn(C)c2ccccc12)C(=O)O. The van der Waals surface area contributed by atoms with Crippen LogP contribution in [0.15, 0.2) is 30.5 Å². The number of carbonyl (C=O) groups is 1. The number of nitrogens with zero attached hydrogens (tertiary/aromatic N) is 1. The molecule has 2 aromatic rings. The van der Waals surface area contributed by atoms with Crippen LogP contribution in [-0.2, 0) is 18.3 Å². The molecule has 2 N–H and O–H groups in total. The predicted molar refractivity (Wildman–Crippen MR) is 76.3 cm³/mol. The Morgan fingerprint density at radius 1 is 1.37 bits per heavy atom. The summed E-state index contributed by atoms with van der Waals surface area (Å²) in [5, 5.41) is 13.5. The van der Waals surface area contributed by atoms with E-state index in [0.717, 1.165) is 16.5 Å². The van der Waals surface area contributed by atoms with E-state index in [2.05, 4.69) is 5.32 Å². The molecule has 0 saturated carbocycles. The zero-order valence-corrected chi connectivity index (χ0v) is 11.6. The third-order valence-electron chi connectivity index (χ3n) is 3.24. The first-order valence-electron chi connectivity index (χ1n) is 6.51. The summed E-state index contributed by atoms with van der Waals surface area (Å²) in [5.74, 6) is -0.804. The molecule has 1 heterocycles. The van der Waals surface area contributed by atoms with Crippen molar-refractivity contribution in [1.82, 2.24) is 9.88 Å². The number of aliphatic carboxylic acids is 1. The standard InChI is InChI=1S/C15H20N2O2/c1-10(2)16-13(15(18)19)8-11-9-17(3)14-7-5-4-6-12(11)14/h4-7,9-10,13,16H,8H2,1-3H3,(H,18,19)/t13-/m1/s1. The Hall–Kier alpha value is -1.81. The molecular formula is C15H20N2O2. The van der Waals surface area contributed by atoms with Crippen molar-refractivity contribution < 1.29 is 9.90 Å². The Kier molecular flexibility index (Phi) is 3.90. The van der Waals surface area contributed by atoms with Gasteiger partial charge in [0.25, 0.3) is 0 Å². The van der Waals surface area contributed by atoms with E-state index in [1.807, 2.05) is 55.9 Å². The van der Waals surface area contributed by atoms with E-state index in [-0.39, 0.29) is 6.04 Å². The molecule has 0 amide bonds. The third kappa shape index (κ3) is 2.96. The maximum Gasteiger partial charge on any atom is 0.321 e. The van der Waals surface area contributed by atoms with Gasteiger partial charge in [0.1, 0.15) is 6.04 Å². The molecule has 4 heteroatoms. The number of fused-ring (bicyclic) bond motifs is 1. The minimum atomic E-state index is -0.804. The number of aromatic nitrogens is 1. The van der Waals surface area contributed by atoms with Crippen molar-refractivity contribution in [2.45, 2.75) is 32.4 Å². The van der Waals surface area contributed by atoms with Crippen LogP contribution in [0.5, 0.6) is 0 Å². The van der Waals surface area contributed by atoms with Gasteiger partial charge in [0, 0.05) is 36.6 Å². The average molecular weight is 260 g/mol. The molecule has 1 atom stereocenters. The van der Waals surface area contributed by atoms with Crippen LogP contribution in [0, 0.1) is 0 Å².